The molecule has 1 aliphatic carbocycles. The minimum Gasteiger partial charge on any atom is -0.391 e. The number of nitrogens with zero attached hydrogens (tertiary/aromatic N) is 2. The summed E-state index contributed by atoms with van der Waals surface area (Å²) in [6, 6.07) is 1.89. The van der Waals surface area contributed by atoms with E-state index < -0.39 is 0 Å². The van der Waals surface area contributed by atoms with Gasteiger partial charge in [-0.15, -0.1) is 0 Å². The molecule has 4 heterocycles. The minimum absolute atomic E-state index is 0.00228. The zero-order valence-corrected chi connectivity index (χ0v) is 19.7. The van der Waals surface area contributed by atoms with Crippen LogP contribution in [0.2, 0.25) is 0 Å². The molecule has 0 aromatic carbocycles. The van der Waals surface area contributed by atoms with E-state index in [9.17, 15) is 9.59 Å². The summed E-state index contributed by atoms with van der Waals surface area (Å²) in [5.41, 5.74) is 6.68. The van der Waals surface area contributed by atoms with E-state index in [0.29, 0.717) is 18.2 Å². The van der Waals surface area contributed by atoms with Crippen molar-refractivity contribution in [2.45, 2.75) is 51.2 Å². The fraction of sp³-hybridized carbons (Fsp3) is 0.407. The Morgan fingerprint density at radius 3 is 2.85 bits per heavy atom. The van der Waals surface area contributed by atoms with Crippen LogP contribution in [0.25, 0.3) is 6.08 Å². The molecule has 2 atom stereocenters. The van der Waals surface area contributed by atoms with Crippen molar-refractivity contribution >= 4 is 23.6 Å². The highest BCUT2D eigenvalue weighted by atomic mass is 16.2. The molecular formula is C27H31N5O2. The van der Waals surface area contributed by atoms with Crippen LogP contribution in [-0.2, 0) is 16.1 Å². The molecule has 1 aromatic rings. The van der Waals surface area contributed by atoms with Crippen molar-refractivity contribution in [3.8, 4) is 0 Å². The number of pyridine rings is 1. The maximum atomic E-state index is 12.9. The fourth-order valence-electron chi connectivity index (χ4n) is 5.20. The number of likely N-dealkylation sites (N-methyl/N-ethyl adjacent to an activating group) is 1. The largest absolute Gasteiger partial charge is 0.391 e. The number of carbonyl (C=O) groups is 1. The van der Waals surface area contributed by atoms with E-state index >= 15 is 0 Å². The van der Waals surface area contributed by atoms with E-state index in [2.05, 4.69) is 38.0 Å². The van der Waals surface area contributed by atoms with Crippen LogP contribution in [0, 0.1) is 5.92 Å². The van der Waals surface area contributed by atoms with Crippen LogP contribution in [0.5, 0.6) is 0 Å². The molecule has 0 spiro atoms. The lowest BCUT2D eigenvalue weighted by atomic mass is 9.87. The van der Waals surface area contributed by atoms with E-state index in [0.717, 1.165) is 41.9 Å². The number of allylic oxidation sites excluding steroid dienone is 2. The molecule has 3 aliphatic heterocycles. The Bertz CT molecular complexity index is 1170. The predicted octanol–water partition coefficient (Wildman–Crippen LogP) is 3.08. The summed E-state index contributed by atoms with van der Waals surface area (Å²) in [5.74, 6) is 2.56. The second kappa shape index (κ2) is 9.45. The van der Waals surface area contributed by atoms with Gasteiger partial charge in [-0.1, -0.05) is 19.1 Å². The third-order valence-electron chi connectivity index (χ3n) is 7.10. The van der Waals surface area contributed by atoms with Crippen LogP contribution >= 0.6 is 0 Å². The Balaban J connectivity index is 1.52. The lowest BCUT2D eigenvalue weighted by molar-refractivity contribution is -0.125. The smallest absolute Gasteiger partial charge is 0.241 e. The zero-order valence-electron chi connectivity index (χ0n) is 19.7. The summed E-state index contributed by atoms with van der Waals surface area (Å²) < 4.78 is 0. The van der Waals surface area contributed by atoms with Crippen molar-refractivity contribution in [1.82, 2.24) is 20.5 Å². The Kier molecular flexibility index (Phi) is 6.22. The predicted molar refractivity (Wildman–Crippen MR) is 133 cm³/mol. The molecule has 5 rings (SSSR count). The highest BCUT2D eigenvalue weighted by Gasteiger charge is 2.43. The molecule has 0 saturated heterocycles. The summed E-state index contributed by atoms with van der Waals surface area (Å²) >= 11 is 0. The van der Waals surface area contributed by atoms with Gasteiger partial charge in [0.1, 0.15) is 11.7 Å². The second-order valence-corrected chi connectivity index (χ2v) is 9.29. The number of hydrogen-bond donors (Lipinski definition) is 3. The summed E-state index contributed by atoms with van der Waals surface area (Å²) in [6.45, 7) is 3.53. The molecule has 4 aliphatic rings. The first kappa shape index (κ1) is 22.4. The molecule has 1 fully saturated rings. The number of nitrogens with one attached hydrogen (secondary N) is 3. The van der Waals surface area contributed by atoms with E-state index in [-0.39, 0.29) is 18.0 Å². The summed E-state index contributed by atoms with van der Waals surface area (Å²) in [5, 5.41) is 9.33. The van der Waals surface area contributed by atoms with Crippen LogP contribution < -0.4 is 16.0 Å². The topological polar surface area (TPSA) is 86.4 Å². The third-order valence-corrected chi connectivity index (χ3v) is 7.10. The Labute approximate surface area is 200 Å². The normalized spacial score (nSPS) is 26.2. The van der Waals surface area contributed by atoms with Crippen molar-refractivity contribution in [2.24, 2.45) is 5.92 Å². The summed E-state index contributed by atoms with van der Waals surface area (Å²) in [7, 11) is 1.69. The number of amides is 1. The maximum absolute atomic E-state index is 12.9. The van der Waals surface area contributed by atoms with E-state index in [1.54, 1.807) is 7.05 Å². The quantitative estimate of drug-likeness (QED) is 0.589. The van der Waals surface area contributed by atoms with Gasteiger partial charge in [0.05, 0.1) is 11.4 Å². The maximum Gasteiger partial charge on any atom is 0.241 e. The van der Waals surface area contributed by atoms with Gasteiger partial charge < -0.3 is 16.0 Å². The lowest BCUT2D eigenvalue weighted by Crippen LogP contribution is -2.52. The van der Waals surface area contributed by atoms with Crippen LogP contribution in [0.3, 0.4) is 0 Å². The standard InChI is InChI=1S/C27H31N5O2/c1-3-18-13-22-23(31-24(18)16-33)12-17(14-30-22)15-32-25(27(34)28-2)7-6-21(26(32)20-4-5-20)19-8-10-29-11-9-19/h6-8,10,12-14,20,25-26,29,31H,3-5,9,11,15H2,1-2H3,(H,28,34). The number of aromatic nitrogens is 1. The van der Waals surface area contributed by atoms with E-state index in [1.165, 1.54) is 24.0 Å². The van der Waals surface area contributed by atoms with Gasteiger partial charge >= 0.3 is 0 Å². The van der Waals surface area contributed by atoms with E-state index in [1.807, 2.05) is 43.5 Å². The van der Waals surface area contributed by atoms with E-state index in [4.69, 9.17) is 0 Å². The molecule has 1 saturated carbocycles. The highest BCUT2D eigenvalue weighted by molar-refractivity contribution is 5.84. The van der Waals surface area contributed by atoms with Crippen LogP contribution in [0.15, 0.2) is 59.1 Å². The molecule has 34 heavy (non-hydrogen) atoms. The van der Waals surface area contributed by atoms with Gasteiger partial charge in [-0.25, -0.2) is 4.79 Å². The molecule has 7 nitrogen and oxygen atoms in total. The van der Waals surface area contributed by atoms with Gasteiger partial charge in [-0.05, 0) is 78.3 Å². The zero-order chi connectivity index (χ0) is 23.7. The molecule has 3 N–H and O–H groups in total. The van der Waals surface area contributed by atoms with Crippen molar-refractivity contribution < 1.29 is 9.59 Å². The molecule has 7 heteroatoms. The molecular weight excluding hydrogens is 426 g/mol. The Morgan fingerprint density at radius 2 is 2.18 bits per heavy atom. The first-order valence-corrected chi connectivity index (χ1v) is 12.1. The Morgan fingerprint density at radius 1 is 1.32 bits per heavy atom. The Hall–Kier alpha value is -3.41. The molecule has 1 aromatic heterocycles. The number of carbonyl (C=O) groups excluding carboxylic acids is 2. The minimum atomic E-state index is -0.341. The summed E-state index contributed by atoms with van der Waals surface area (Å²) in [4.78, 5) is 31.3. The third kappa shape index (κ3) is 4.25. The molecule has 1 amide bonds. The molecule has 0 bridgehead atoms. The molecule has 0 radical (unpaired) electrons. The second-order valence-electron chi connectivity index (χ2n) is 9.29. The van der Waals surface area contributed by atoms with Gasteiger partial charge in [0.25, 0.3) is 0 Å². The SMILES string of the molecule is CCC1=Cc2ncc(CN3C(C(=O)NC)C=CC(=C4C=CNCC4)C3C3CC3)cc2NC1=C=O. The van der Waals surface area contributed by atoms with Gasteiger partial charge in [0.15, 0.2) is 5.94 Å². The van der Waals surface area contributed by atoms with Crippen molar-refractivity contribution in [2.75, 3.05) is 18.9 Å². The molecule has 2 unspecified atom stereocenters. The van der Waals surface area contributed by atoms with Crippen molar-refractivity contribution in [1.29, 1.82) is 0 Å². The lowest BCUT2D eigenvalue weighted by Gasteiger charge is -2.41. The van der Waals surface area contributed by atoms with Gasteiger partial charge in [-0.3, -0.25) is 14.7 Å². The first-order valence-electron chi connectivity index (χ1n) is 12.1. The highest BCUT2D eigenvalue weighted by Crippen LogP contribution is 2.44. The monoisotopic (exact) mass is 457 g/mol. The van der Waals surface area contributed by atoms with Crippen molar-refractivity contribution in [3.05, 3.63) is 70.4 Å². The first-order chi connectivity index (χ1) is 16.6. The summed E-state index contributed by atoms with van der Waals surface area (Å²) in [6.07, 6.45) is 16.3. The van der Waals surface area contributed by atoms with Crippen molar-refractivity contribution in [3.63, 3.8) is 0 Å². The van der Waals surface area contributed by atoms with Crippen LogP contribution in [-0.4, -0.2) is 47.4 Å². The number of anilines is 1. The average molecular weight is 458 g/mol. The number of rotatable bonds is 5. The molecule has 176 valence electrons. The fourth-order valence-corrected chi connectivity index (χ4v) is 5.20. The van der Waals surface area contributed by atoms with Gasteiger partial charge in [-0.2, -0.15) is 0 Å². The van der Waals surface area contributed by atoms with Crippen LogP contribution in [0.1, 0.15) is 43.9 Å². The average Bonchev–Trinajstić information content (AvgIpc) is 3.73. The number of hydrogen-bond acceptors (Lipinski definition) is 6. The van der Waals surface area contributed by atoms with Gasteiger partial charge in [0.2, 0.25) is 5.91 Å². The van der Waals surface area contributed by atoms with Gasteiger partial charge in [0, 0.05) is 32.4 Å². The van der Waals surface area contributed by atoms with Crippen LogP contribution in [0.4, 0.5) is 5.69 Å². The number of fused-ring (bicyclic) bond motifs is 1.